The molecular formula is C99H96ClN11O6. The molecule has 9 heterocycles. The van der Waals surface area contributed by atoms with E-state index in [1.54, 1.807) is 6.20 Å². The summed E-state index contributed by atoms with van der Waals surface area (Å²) >= 11 is 6.39. The summed E-state index contributed by atoms with van der Waals surface area (Å²) in [6.45, 7) is 17.4. The zero-order chi connectivity index (χ0) is 79.2. The van der Waals surface area contributed by atoms with E-state index in [4.69, 9.17) is 60.2 Å². The lowest BCUT2D eigenvalue weighted by atomic mass is 9.77. The van der Waals surface area contributed by atoms with E-state index in [-0.39, 0.29) is 16.8 Å². The summed E-state index contributed by atoms with van der Waals surface area (Å²) in [6, 6.07) is 95.4. The summed E-state index contributed by atoms with van der Waals surface area (Å²) < 4.78 is 39.6. The third-order valence-electron chi connectivity index (χ3n) is 23.3. The highest BCUT2D eigenvalue weighted by molar-refractivity contribution is 6.29. The second-order valence-corrected chi connectivity index (χ2v) is 32.3. The van der Waals surface area contributed by atoms with Gasteiger partial charge in [-0.15, -0.1) is 0 Å². The highest BCUT2D eigenvalue weighted by Crippen LogP contribution is 2.50. The Labute approximate surface area is 688 Å². The van der Waals surface area contributed by atoms with Crippen molar-refractivity contribution in [3.8, 4) is 39.8 Å². The fourth-order valence-electron chi connectivity index (χ4n) is 16.4. The molecule has 6 fully saturated rings. The zero-order valence-corrected chi connectivity index (χ0v) is 67.2. The van der Waals surface area contributed by atoms with Gasteiger partial charge >= 0.3 is 0 Å². The van der Waals surface area contributed by atoms with E-state index in [2.05, 4.69) is 310 Å². The van der Waals surface area contributed by atoms with Gasteiger partial charge < -0.3 is 43.5 Å². The van der Waals surface area contributed by atoms with Gasteiger partial charge in [0.05, 0.1) is 62.9 Å². The average molecular weight is 1570 g/mol. The highest BCUT2D eigenvalue weighted by atomic mass is 35.5. The minimum atomic E-state index is -0.748. The molecule has 4 aliphatic heterocycles. The fraction of sp³-hybridized carbons (Fsp3) is 0.273. The monoisotopic (exact) mass is 1570 g/mol. The molecule has 18 heteroatoms. The molecule has 3 saturated heterocycles. The number of hydrogen-bond acceptors (Lipinski definition) is 15. The molecule has 17 nitrogen and oxygen atoms in total. The number of ether oxygens (including phenoxy) is 6. The summed E-state index contributed by atoms with van der Waals surface area (Å²) in [5.74, 6) is 4.60. The minimum Gasteiger partial charge on any atom is -0.488 e. The second kappa shape index (κ2) is 33.4. The van der Waals surface area contributed by atoms with Gasteiger partial charge in [0, 0.05) is 90.9 Å². The molecule has 0 unspecified atom stereocenters. The van der Waals surface area contributed by atoms with Crippen LogP contribution in [0.15, 0.2) is 297 Å². The highest BCUT2D eigenvalue weighted by Gasteiger charge is 2.46. The van der Waals surface area contributed by atoms with Crippen LogP contribution in [0.3, 0.4) is 0 Å². The molecule has 0 spiro atoms. The first-order valence-electron chi connectivity index (χ1n) is 41.0. The number of aromatic nitrogens is 7. The number of nitrogens with one attached hydrogen (secondary N) is 1. The van der Waals surface area contributed by atoms with Crippen molar-refractivity contribution in [2.45, 2.75) is 93.7 Å². The number of pyridine rings is 3. The fourth-order valence-corrected chi connectivity index (χ4v) is 16.5. The first-order chi connectivity index (χ1) is 57.4. The van der Waals surface area contributed by atoms with Gasteiger partial charge in [0.1, 0.15) is 73.3 Å². The van der Waals surface area contributed by atoms with Crippen molar-refractivity contribution in [1.29, 1.82) is 0 Å². The summed E-state index contributed by atoms with van der Waals surface area (Å²) in [5, 5.41) is 16.7. The van der Waals surface area contributed by atoms with E-state index < -0.39 is 11.1 Å². The van der Waals surface area contributed by atoms with Gasteiger partial charge in [0.25, 0.3) is 0 Å². The number of halogens is 1. The largest absolute Gasteiger partial charge is 0.488 e. The van der Waals surface area contributed by atoms with Crippen LogP contribution in [0, 0.1) is 0 Å². The summed E-state index contributed by atoms with van der Waals surface area (Å²) in [4.78, 5) is 22.9. The molecule has 5 aromatic heterocycles. The number of hydrogen-bond donors (Lipinski definition) is 1. The minimum absolute atomic E-state index is 0.0321. The smallest absolute Gasteiger partial charge is 0.138 e. The molecule has 7 aliphatic rings. The predicted molar refractivity (Wildman–Crippen MR) is 465 cm³/mol. The summed E-state index contributed by atoms with van der Waals surface area (Å²) in [5.41, 5.74) is 15.4. The Balaban J connectivity index is 0.000000120. The van der Waals surface area contributed by atoms with Gasteiger partial charge in [0.15, 0.2) is 0 Å². The van der Waals surface area contributed by atoms with Crippen molar-refractivity contribution >= 4 is 50.8 Å². The number of aliphatic imine (C=N–C) groups is 1. The molecule has 0 atom stereocenters. The van der Waals surface area contributed by atoms with Crippen LogP contribution in [-0.2, 0) is 31.8 Å². The molecule has 1 N–H and O–H groups in total. The normalized spacial score (nSPS) is 16.8. The van der Waals surface area contributed by atoms with E-state index in [1.165, 1.54) is 11.1 Å². The van der Waals surface area contributed by atoms with Crippen LogP contribution >= 0.6 is 11.6 Å². The van der Waals surface area contributed by atoms with Crippen LogP contribution < -0.4 is 29.3 Å². The molecule has 590 valence electrons. The molecule has 0 radical (unpaired) electrons. The van der Waals surface area contributed by atoms with Crippen LogP contribution in [0.5, 0.6) is 17.2 Å². The second-order valence-electron chi connectivity index (χ2n) is 31.9. The number of morpholine rings is 3. The van der Waals surface area contributed by atoms with Crippen LogP contribution in [0.25, 0.3) is 44.3 Å². The summed E-state index contributed by atoms with van der Waals surface area (Å²) in [6.07, 6.45) is 12.1. The van der Waals surface area contributed by atoms with Gasteiger partial charge in [-0.3, -0.25) is 4.99 Å². The molecule has 0 bridgehead atoms. The van der Waals surface area contributed by atoms with Crippen molar-refractivity contribution < 1.29 is 28.4 Å². The Bertz CT molecular complexity index is 5580. The van der Waals surface area contributed by atoms with Crippen molar-refractivity contribution in [2.75, 3.05) is 88.7 Å². The Morgan fingerprint density at radius 1 is 0.376 bits per heavy atom. The molecule has 3 saturated carbocycles. The zero-order valence-electron chi connectivity index (χ0n) is 66.4. The van der Waals surface area contributed by atoms with E-state index in [1.807, 2.05) is 30.6 Å². The van der Waals surface area contributed by atoms with Gasteiger partial charge in [-0.05, 0) is 183 Å². The van der Waals surface area contributed by atoms with Crippen molar-refractivity contribution in [3.05, 3.63) is 347 Å². The Morgan fingerprint density at radius 2 is 0.726 bits per heavy atom. The Hall–Kier alpha value is -11.8. The Kier molecular flexibility index (Phi) is 21.8. The SMILES string of the molecule is C1COCCN1.CC1(Oc2ccc3c(c2)C(c2ccnc(N4CCOCC4)c2)=NC3)CC1.CC1(Oc2ccc3c(c2)c(-c2ccnc(Cl)c2)nn3C(c2ccccc2)(c2ccccc2)c2ccccc2)CC1.CC1(Oc2ccc3c(c2)c(-c2ccnc(N4CCOCC4)c2)nn3C(c2ccccc2)(c2ccccc2)c2ccccc2)CC1. The van der Waals surface area contributed by atoms with E-state index >= 15 is 0 Å². The van der Waals surface area contributed by atoms with Crippen LogP contribution in [0.1, 0.15) is 109 Å². The maximum Gasteiger partial charge on any atom is 0.138 e. The van der Waals surface area contributed by atoms with Gasteiger partial charge in [0.2, 0.25) is 0 Å². The third-order valence-corrected chi connectivity index (χ3v) is 23.5. The van der Waals surface area contributed by atoms with E-state index in [0.717, 1.165) is 229 Å². The number of nitrogens with zero attached hydrogens (tertiary/aromatic N) is 10. The molecule has 0 amide bonds. The first-order valence-corrected chi connectivity index (χ1v) is 41.4. The third kappa shape index (κ3) is 16.3. The van der Waals surface area contributed by atoms with Gasteiger partial charge in [-0.2, -0.15) is 10.2 Å². The topological polar surface area (TPSA) is 161 Å². The molecule has 3 aliphatic carbocycles. The lowest BCUT2D eigenvalue weighted by molar-refractivity contribution is 0.109. The van der Waals surface area contributed by atoms with Crippen molar-refractivity contribution in [1.82, 2.24) is 39.8 Å². The van der Waals surface area contributed by atoms with Gasteiger partial charge in [-0.25, -0.2) is 24.3 Å². The van der Waals surface area contributed by atoms with Crippen LogP contribution in [-0.4, -0.2) is 136 Å². The maximum absolute atomic E-state index is 6.51. The number of anilines is 2. The molecule has 9 aromatic carbocycles. The predicted octanol–water partition coefficient (Wildman–Crippen LogP) is 19.0. The van der Waals surface area contributed by atoms with Crippen LogP contribution in [0.4, 0.5) is 11.6 Å². The van der Waals surface area contributed by atoms with Gasteiger partial charge in [-0.1, -0.05) is 200 Å². The quantitative estimate of drug-likeness (QED) is 0.0601. The lowest BCUT2D eigenvalue weighted by Gasteiger charge is -2.37. The molecular weight excluding hydrogens is 1470 g/mol. The molecule has 117 heavy (non-hydrogen) atoms. The average Bonchev–Trinajstić information content (AvgIpc) is 1.62. The van der Waals surface area contributed by atoms with Crippen molar-refractivity contribution in [3.63, 3.8) is 0 Å². The number of benzene rings is 9. The van der Waals surface area contributed by atoms with E-state index in [0.29, 0.717) is 18.4 Å². The van der Waals surface area contributed by atoms with Crippen LogP contribution in [0.2, 0.25) is 5.15 Å². The molecule has 14 aromatic rings. The standard InChI is InChI=1S/C39H36N4O2.C35H28ClN3O.C21H23N3O2.C4H9NO/c1-38(20-21-38)45-33-17-18-35-34(28-33)37(29-19-22-40-36(27-29)42-23-25-44-26-24-42)41-43(35)39(30-11-5-2-6-12-30,31-13-7-3-8-14-31)32-15-9-4-10-16-32;1-34(20-21-34)40-29-17-18-31-30(24-29)33(25-19-22-37-32(36)23-25)38-39(31)35(26-11-5-2-6-12-26,27-13-7-3-8-14-27)28-15-9-4-10-16-28;1-21(5-6-21)26-17-3-2-16-14-23-20(18(16)13-17)15-4-7-22-19(12-15)24-8-10-25-11-9-24;1-3-6-4-2-5-1/h2-19,22,27-28H,20-21,23-26H2,1H3;2-19,22-24H,20-21H2,1H3;2-4,7,12-13H,5-6,8-11,14H2,1H3;5H,1-4H2. The number of fused-ring (bicyclic) bond motifs is 3. The van der Waals surface area contributed by atoms with Crippen molar-refractivity contribution in [2.24, 2.45) is 4.99 Å². The molecule has 21 rings (SSSR count). The maximum atomic E-state index is 6.51. The lowest BCUT2D eigenvalue weighted by Crippen LogP contribution is -2.38. The first kappa shape index (κ1) is 76.5. The Morgan fingerprint density at radius 3 is 1.09 bits per heavy atom. The van der Waals surface area contributed by atoms with E-state index in [9.17, 15) is 0 Å². The number of rotatable bonds is 19. The summed E-state index contributed by atoms with van der Waals surface area (Å²) in [7, 11) is 0.